The van der Waals surface area contributed by atoms with E-state index in [0.29, 0.717) is 12.6 Å². The van der Waals surface area contributed by atoms with Gasteiger partial charge in [0.15, 0.2) is 0 Å². The number of rotatable bonds is 4. The molecule has 0 saturated carbocycles. The van der Waals surface area contributed by atoms with Crippen molar-refractivity contribution in [1.82, 2.24) is 16.0 Å². The molecule has 1 unspecified atom stereocenters. The fourth-order valence-corrected chi connectivity index (χ4v) is 2.60. The van der Waals surface area contributed by atoms with Gasteiger partial charge in [-0.3, -0.25) is 0 Å². The summed E-state index contributed by atoms with van der Waals surface area (Å²) in [5.74, 6) is 0. The largest absolute Gasteiger partial charge is 0.337 e. The van der Waals surface area contributed by atoms with Gasteiger partial charge < -0.3 is 16.0 Å². The third-order valence-electron chi connectivity index (χ3n) is 2.92. The van der Waals surface area contributed by atoms with Crippen LogP contribution in [0.5, 0.6) is 0 Å². The van der Waals surface area contributed by atoms with E-state index in [9.17, 15) is 4.79 Å². The highest BCUT2D eigenvalue weighted by Gasteiger charge is 2.12. The molecule has 1 fully saturated rings. The van der Waals surface area contributed by atoms with E-state index >= 15 is 0 Å². The van der Waals surface area contributed by atoms with Gasteiger partial charge in [0.05, 0.1) is 6.54 Å². The number of carbonyl (C=O) groups excluding carboxylic acids is 1. The van der Waals surface area contributed by atoms with Crippen LogP contribution in [0.15, 0.2) is 17.5 Å². The molecule has 2 amide bonds. The molecule has 0 aliphatic carbocycles. The Morgan fingerprint density at radius 1 is 1.47 bits per heavy atom. The van der Waals surface area contributed by atoms with E-state index in [1.807, 2.05) is 17.5 Å². The smallest absolute Gasteiger partial charge is 0.315 e. The second-order valence-electron chi connectivity index (χ2n) is 4.29. The number of hydrogen-bond donors (Lipinski definition) is 3. The molecule has 0 bridgehead atoms. The van der Waals surface area contributed by atoms with Gasteiger partial charge in [-0.25, -0.2) is 4.79 Å². The van der Waals surface area contributed by atoms with Crippen molar-refractivity contribution >= 4 is 17.4 Å². The van der Waals surface area contributed by atoms with Crippen molar-refractivity contribution in [2.24, 2.45) is 0 Å². The number of amides is 2. The van der Waals surface area contributed by atoms with Crippen molar-refractivity contribution in [3.63, 3.8) is 0 Å². The summed E-state index contributed by atoms with van der Waals surface area (Å²) >= 11 is 1.66. The maximum Gasteiger partial charge on any atom is 0.315 e. The van der Waals surface area contributed by atoms with E-state index in [0.717, 1.165) is 19.5 Å². The minimum atomic E-state index is -0.0780. The van der Waals surface area contributed by atoms with Gasteiger partial charge in [-0.05, 0) is 30.8 Å². The third-order valence-corrected chi connectivity index (χ3v) is 3.80. The fourth-order valence-electron chi connectivity index (χ4n) is 1.96. The molecule has 94 valence electrons. The molecule has 1 saturated heterocycles. The molecule has 5 heteroatoms. The average Bonchev–Trinajstić information content (AvgIpc) is 2.88. The Morgan fingerprint density at radius 2 is 2.41 bits per heavy atom. The predicted octanol–water partition coefficient (Wildman–Crippen LogP) is 1.69. The highest BCUT2D eigenvalue weighted by Crippen LogP contribution is 2.07. The predicted molar refractivity (Wildman–Crippen MR) is 70.2 cm³/mol. The molecule has 0 spiro atoms. The SMILES string of the molecule is O=C(NCc1cccs1)NCC1CCCCN1. The van der Waals surface area contributed by atoms with E-state index < -0.39 is 0 Å². The Balaban J connectivity index is 1.60. The van der Waals surface area contributed by atoms with Crippen molar-refractivity contribution < 1.29 is 4.79 Å². The number of piperidine rings is 1. The van der Waals surface area contributed by atoms with Crippen LogP contribution in [0.1, 0.15) is 24.1 Å². The summed E-state index contributed by atoms with van der Waals surface area (Å²) in [4.78, 5) is 12.7. The van der Waals surface area contributed by atoms with Crippen LogP contribution in [0.3, 0.4) is 0 Å². The van der Waals surface area contributed by atoms with Crippen LogP contribution in [-0.4, -0.2) is 25.2 Å². The lowest BCUT2D eigenvalue weighted by molar-refractivity contribution is 0.238. The average molecular weight is 253 g/mol. The molecule has 1 aliphatic heterocycles. The summed E-state index contributed by atoms with van der Waals surface area (Å²) < 4.78 is 0. The quantitative estimate of drug-likeness (QED) is 0.765. The first kappa shape index (κ1) is 12.4. The molecule has 17 heavy (non-hydrogen) atoms. The monoisotopic (exact) mass is 253 g/mol. The molecule has 0 aromatic carbocycles. The second kappa shape index (κ2) is 6.61. The van der Waals surface area contributed by atoms with Crippen molar-refractivity contribution in [2.75, 3.05) is 13.1 Å². The Morgan fingerprint density at radius 3 is 3.12 bits per heavy atom. The Bertz CT molecular complexity index is 334. The first-order chi connectivity index (χ1) is 8.34. The summed E-state index contributed by atoms with van der Waals surface area (Å²) in [5.41, 5.74) is 0. The van der Waals surface area contributed by atoms with Crippen molar-refractivity contribution in [3.05, 3.63) is 22.4 Å². The molecule has 0 radical (unpaired) electrons. The van der Waals surface area contributed by atoms with Crippen LogP contribution < -0.4 is 16.0 Å². The number of urea groups is 1. The molecular formula is C12H19N3OS. The maximum atomic E-state index is 11.5. The lowest BCUT2D eigenvalue weighted by atomic mass is 10.1. The second-order valence-corrected chi connectivity index (χ2v) is 5.32. The molecule has 3 N–H and O–H groups in total. The van der Waals surface area contributed by atoms with Crippen LogP contribution in [0.2, 0.25) is 0 Å². The summed E-state index contributed by atoms with van der Waals surface area (Å²) in [5, 5.41) is 11.2. The zero-order valence-corrected chi connectivity index (χ0v) is 10.7. The van der Waals surface area contributed by atoms with Crippen LogP contribution in [-0.2, 0) is 6.54 Å². The zero-order valence-electron chi connectivity index (χ0n) is 9.87. The molecule has 1 atom stereocenters. The minimum absolute atomic E-state index is 0.0780. The van der Waals surface area contributed by atoms with Gasteiger partial charge in [0.1, 0.15) is 0 Å². The zero-order chi connectivity index (χ0) is 11.9. The summed E-state index contributed by atoms with van der Waals surface area (Å²) in [6.45, 7) is 2.40. The van der Waals surface area contributed by atoms with Crippen molar-refractivity contribution in [2.45, 2.75) is 31.8 Å². The van der Waals surface area contributed by atoms with Gasteiger partial charge >= 0.3 is 6.03 Å². The fraction of sp³-hybridized carbons (Fsp3) is 0.583. The van der Waals surface area contributed by atoms with E-state index in [2.05, 4.69) is 16.0 Å². The lowest BCUT2D eigenvalue weighted by Gasteiger charge is -2.23. The van der Waals surface area contributed by atoms with E-state index in [4.69, 9.17) is 0 Å². The van der Waals surface area contributed by atoms with Crippen LogP contribution in [0, 0.1) is 0 Å². The first-order valence-corrected chi connectivity index (χ1v) is 7.00. The van der Waals surface area contributed by atoms with Crippen molar-refractivity contribution in [3.8, 4) is 0 Å². The van der Waals surface area contributed by atoms with Crippen molar-refractivity contribution in [1.29, 1.82) is 0 Å². The number of carbonyl (C=O) groups is 1. The number of hydrogen-bond acceptors (Lipinski definition) is 3. The maximum absolute atomic E-state index is 11.5. The Hall–Kier alpha value is -1.07. The first-order valence-electron chi connectivity index (χ1n) is 6.12. The van der Waals surface area contributed by atoms with Crippen LogP contribution >= 0.6 is 11.3 Å². The summed E-state index contributed by atoms with van der Waals surface area (Å²) in [7, 11) is 0. The van der Waals surface area contributed by atoms with E-state index in [-0.39, 0.29) is 6.03 Å². The van der Waals surface area contributed by atoms with Gasteiger partial charge in [0, 0.05) is 17.5 Å². The molecular weight excluding hydrogens is 234 g/mol. The van der Waals surface area contributed by atoms with E-state index in [1.165, 1.54) is 17.7 Å². The highest BCUT2D eigenvalue weighted by atomic mass is 32.1. The Labute approximate surface area is 106 Å². The summed E-state index contributed by atoms with van der Waals surface area (Å²) in [6.07, 6.45) is 3.67. The van der Waals surface area contributed by atoms with Crippen LogP contribution in [0.4, 0.5) is 4.79 Å². The number of nitrogens with one attached hydrogen (secondary N) is 3. The molecule has 4 nitrogen and oxygen atoms in total. The van der Waals surface area contributed by atoms with Crippen LogP contribution in [0.25, 0.3) is 0 Å². The standard InChI is InChI=1S/C12H19N3OS/c16-12(15-9-11-5-3-7-17-11)14-8-10-4-1-2-6-13-10/h3,5,7,10,13H,1-2,4,6,8-9H2,(H2,14,15,16). The molecule has 1 aliphatic rings. The third kappa shape index (κ3) is 4.36. The molecule has 1 aromatic rings. The molecule has 1 aromatic heterocycles. The van der Waals surface area contributed by atoms with Gasteiger partial charge in [-0.1, -0.05) is 12.5 Å². The van der Waals surface area contributed by atoms with Gasteiger partial charge in [0.25, 0.3) is 0 Å². The van der Waals surface area contributed by atoms with E-state index in [1.54, 1.807) is 11.3 Å². The topological polar surface area (TPSA) is 53.2 Å². The lowest BCUT2D eigenvalue weighted by Crippen LogP contribution is -2.46. The normalized spacial score (nSPS) is 19.9. The summed E-state index contributed by atoms with van der Waals surface area (Å²) in [6, 6.07) is 4.38. The number of thiophene rings is 1. The van der Waals surface area contributed by atoms with Gasteiger partial charge in [-0.2, -0.15) is 0 Å². The molecule has 2 rings (SSSR count). The van der Waals surface area contributed by atoms with Gasteiger partial charge in [0.2, 0.25) is 0 Å². The molecule has 2 heterocycles. The van der Waals surface area contributed by atoms with Gasteiger partial charge in [-0.15, -0.1) is 11.3 Å². The highest BCUT2D eigenvalue weighted by molar-refractivity contribution is 7.09. The minimum Gasteiger partial charge on any atom is -0.337 e. The Kier molecular flexibility index (Phi) is 4.82.